The SMILES string of the molecule is O=C(CN1CCN(C(=O)CN2C(=O)CSc3ccccc32)CC1)N1CCCCC1. The number of piperidine rings is 1. The Balaban J connectivity index is 1.28. The molecule has 2 fully saturated rings. The van der Waals surface area contributed by atoms with Crippen LogP contribution in [0.2, 0.25) is 0 Å². The van der Waals surface area contributed by atoms with Crippen molar-refractivity contribution in [3.8, 4) is 0 Å². The van der Waals surface area contributed by atoms with Crippen LogP contribution in [0.25, 0.3) is 0 Å². The van der Waals surface area contributed by atoms with E-state index in [0.717, 1.165) is 36.5 Å². The van der Waals surface area contributed by atoms with Crippen molar-refractivity contribution >= 4 is 35.2 Å². The number of fused-ring (bicyclic) bond motifs is 1. The molecule has 3 heterocycles. The van der Waals surface area contributed by atoms with Gasteiger partial charge in [-0.1, -0.05) is 12.1 Å². The van der Waals surface area contributed by atoms with Crippen molar-refractivity contribution in [2.75, 3.05) is 63.0 Å². The van der Waals surface area contributed by atoms with E-state index in [1.807, 2.05) is 34.1 Å². The molecule has 3 amide bonds. The summed E-state index contributed by atoms with van der Waals surface area (Å²) in [5.74, 6) is 0.531. The van der Waals surface area contributed by atoms with Gasteiger partial charge in [0.25, 0.3) is 0 Å². The summed E-state index contributed by atoms with van der Waals surface area (Å²) >= 11 is 1.52. The van der Waals surface area contributed by atoms with Crippen molar-refractivity contribution in [1.29, 1.82) is 0 Å². The number of hydrogen-bond donors (Lipinski definition) is 0. The summed E-state index contributed by atoms with van der Waals surface area (Å²) in [6, 6.07) is 7.73. The summed E-state index contributed by atoms with van der Waals surface area (Å²) < 4.78 is 0. The summed E-state index contributed by atoms with van der Waals surface area (Å²) in [5.41, 5.74) is 0.827. The molecule has 156 valence electrons. The van der Waals surface area contributed by atoms with E-state index in [-0.39, 0.29) is 24.3 Å². The van der Waals surface area contributed by atoms with E-state index in [1.165, 1.54) is 18.2 Å². The summed E-state index contributed by atoms with van der Waals surface area (Å²) in [4.78, 5) is 46.2. The summed E-state index contributed by atoms with van der Waals surface area (Å²) in [6.07, 6.45) is 3.42. The van der Waals surface area contributed by atoms with E-state index in [1.54, 1.807) is 4.90 Å². The molecule has 0 N–H and O–H groups in total. The molecule has 0 aromatic heterocycles. The normalized spacial score (nSPS) is 20.6. The Labute approximate surface area is 176 Å². The van der Waals surface area contributed by atoms with Crippen LogP contribution in [0.15, 0.2) is 29.2 Å². The molecule has 2 saturated heterocycles. The van der Waals surface area contributed by atoms with Gasteiger partial charge in [0.1, 0.15) is 6.54 Å². The predicted octanol–water partition coefficient (Wildman–Crippen LogP) is 1.28. The number of piperazine rings is 1. The average molecular weight is 417 g/mol. The number of nitrogens with zero attached hydrogens (tertiary/aromatic N) is 4. The molecule has 29 heavy (non-hydrogen) atoms. The van der Waals surface area contributed by atoms with Gasteiger partial charge >= 0.3 is 0 Å². The number of likely N-dealkylation sites (tertiary alicyclic amines) is 1. The molecule has 0 aliphatic carbocycles. The summed E-state index contributed by atoms with van der Waals surface area (Å²) in [6.45, 7) is 4.88. The third kappa shape index (κ3) is 4.75. The maximum absolute atomic E-state index is 12.8. The Morgan fingerprint density at radius 3 is 2.24 bits per heavy atom. The Morgan fingerprint density at radius 1 is 0.828 bits per heavy atom. The fourth-order valence-electron chi connectivity index (χ4n) is 4.15. The maximum atomic E-state index is 12.8. The van der Waals surface area contributed by atoms with Crippen molar-refractivity contribution in [1.82, 2.24) is 14.7 Å². The minimum absolute atomic E-state index is 0.0205. The number of benzene rings is 1. The van der Waals surface area contributed by atoms with Gasteiger partial charge in [-0.2, -0.15) is 0 Å². The van der Waals surface area contributed by atoms with Crippen molar-refractivity contribution in [2.24, 2.45) is 0 Å². The number of rotatable bonds is 4. The first-order chi connectivity index (χ1) is 14.1. The molecule has 3 aliphatic rings. The van der Waals surface area contributed by atoms with Crippen LogP contribution in [-0.2, 0) is 14.4 Å². The molecule has 7 nitrogen and oxygen atoms in total. The highest BCUT2D eigenvalue weighted by atomic mass is 32.2. The van der Waals surface area contributed by atoms with E-state index in [4.69, 9.17) is 0 Å². The van der Waals surface area contributed by atoms with Crippen LogP contribution < -0.4 is 4.90 Å². The first-order valence-electron chi connectivity index (χ1n) is 10.4. The number of carbonyl (C=O) groups is 3. The van der Waals surface area contributed by atoms with Crippen molar-refractivity contribution in [3.05, 3.63) is 24.3 Å². The van der Waals surface area contributed by atoms with Gasteiger partial charge in [-0.15, -0.1) is 11.8 Å². The van der Waals surface area contributed by atoms with Crippen molar-refractivity contribution in [3.63, 3.8) is 0 Å². The highest BCUT2D eigenvalue weighted by Crippen LogP contribution is 2.34. The second-order valence-electron chi connectivity index (χ2n) is 7.83. The molecule has 0 saturated carbocycles. The lowest BCUT2D eigenvalue weighted by atomic mass is 10.1. The summed E-state index contributed by atoms with van der Waals surface area (Å²) in [7, 11) is 0. The van der Waals surface area contributed by atoms with Crippen LogP contribution in [0.4, 0.5) is 5.69 Å². The molecular weight excluding hydrogens is 388 g/mol. The van der Waals surface area contributed by atoms with Gasteiger partial charge in [-0.05, 0) is 31.4 Å². The van der Waals surface area contributed by atoms with Gasteiger partial charge in [0.05, 0.1) is 18.0 Å². The number of amides is 3. The molecule has 0 bridgehead atoms. The third-order valence-electron chi connectivity index (χ3n) is 5.89. The fraction of sp³-hybridized carbons (Fsp3) is 0.571. The van der Waals surface area contributed by atoms with E-state index < -0.39 is 0 Å². The van der Waals surface area contributed by atoms with Crippen LogP contribution >= 0.6 is 11.8 Å². The Kier molecular flexibility index (Phi) is 6.40. The van der Waals surface area contributed by atoms with Gasteiger partial charge in [-0.3, -0.25) is 19.3 Å². The second-order valence-corrected chi connectivity index (χ2v) is 8.85. The highest BCUT2D eigenvalue weighted by Gasteiger charge is 2.30. The zero-order valence-corrected chi connectivity index (χ0v) is 17.5. The molecule has 1 aromatic carbocycles. The Morgan fingerprint density at radius 2 is 1.48 bits per heavy atom. The molecule has 1 aromatic rings. The third-order valence-corrected chi connectivity index (χ3v) is 6.94. The van der Waals surface area contributed by atoms with Gasteiger partial charge in [0.15, 0.2) is 0 Å². The van der Waals surface area contributed by atoms with Gasteiger partial charge in [0, 0.05) is 44.2 Å². The number of para-hydroxylation sites is 1. The van der Waals surface area contributed by atoms with Crippen LogP contribution in [0, 0.1) is 0 Å². The fourth-order valence-corrected chi connectivity index (χ4v) is 5.09. The van der Waals surface area contributed by atoms with E-state index >= 15 is 0 Å². The molecule has 0 spiro atoms. The standard InChI is InChI=1S/C21H28N4O3S/c26-19(23-8-4-1-5-9-23)14-22-10-12-24(13-11-22)20(27)15-25-17-6-2-3-7-18(17)29-16-21(25)28/h2-3,6-7H,1,4-5,8-16H2. The Hall–Kier alpha value is -2.06. The first-order valence-corrected chi connectivity index (χ1v) is 11.4. The number of hydrogen-bond acceptors (Lipinski definition) is 5. The highest BCUT2D eigenvalue weighted by molar-refractivity contribution is 8.00. The van der Waals surface area contributed by atoms with Crippen LogP contribution in [0.5, 0.6) is 0 Å². The number of anilines is 1. The van der Waals surface area contributed by atoms with Crippen molar-refractivity contribution in [2.45, 2.75) is 24.2 Å². The van der Waals surface area contributed by atoms with Crippen LogP contribution in [0.3, 0.4) is 0 Å². The maximum Gasteiger partial charge on any atom is 0.242 e. The molecule has 4 rings (SSSR count). The molecular formula is C21H28N4O3S. The molecule has 3 aliphatic heterocycles. The summed E-state index contributed by atoms with van der Waals surface area (Å²) in [5, 5.41) is 0. The minimum atomic E-state index is -0.0259. The van der Waals surface area contributed by atoms with Gasteiger partial charge < -0.3 is 14.7 Å². The number of carbonyl (C=O) groups excluding carboxylic acids is 3. The first kappa shape index (κ1) is 20.2. The predicted molar refractivity (Wildman–Crippen MR) is 113 cm³/mol. The van der Waals surface area contributed by atoms with Gasteiger partial charge in [-0.25, -0.2) is 0 Å². The molecule has 8 heteroatoms. The van der Waals surface area contributed by atoms with Crippen LogP contribution in [0.1, 0.15) is 19.3 Å². The van der Waals surface area contributed by atoms with Gasteiger partial charge in [0.2, 0.25) is 17.7 Å². The van der Waals surface area contributed by atoms with E-state index in [9.17, 15) is 14.4 Å². The number of thioether (sulfide) groups is 1. The largest absolute Gasteiger partial charge is 0.342 e. The lowest BCUT2D eigenvalue weighted by molar-refractivity contribution is -0.135. The zero-order valence-electron chi connectivity index (χ0n) is 16.7. The monoisotopic (exact) mass is 416 g/mol. The van der Waals surface area contributed by atoms with E-state index in [2.05, 4.69) is 4.90 Å². The smallest absolute Gasteiger partial charge is 0.242 e. The van der Waals surface area contributed by atoms with Crippen LogP contribution in [-0.4, -0.2) is 90.5 Å². The lowest BCUT2D eigenvalue weighted by Crippen LogP contribution is -2.54. The van der Waals surface area contributed by atoms with E-state index in [0.29, 0.717) is 38.5 Å². The minimum Gasteiger partial charge on any atom is -0.342 e. The second kappa shape index (κ2) is 9.17. The quantitative estimate of drug-likeness (QED) is 0.740. The topological polar surface area (TPSA) is 64.2 Å². The lowest BCUT2D eigenvalue weighted by Gasteiger charge is -2.37. The molecule has 0 unspecified atom stereocenters. The van der Waals surface area contributed by atoms with Crippen molar-refractivity contribution < 1.29 is 14.4 Å². The average Bonchev–Trinajstić information content (AvgIpc) is 2.77. The molecule has 0 atom stereocenters. The zero-order chi connectivity index (χ0) is 20.2. The Bertz CT molecular complexity index is 773. The molecule has 0 radical (unpaired) electrons.